The largest absolute Gasteiger partial charge is 0.330 e. The number of nitrogens with zero attached hydrogens (tertiary/aromatic N) is 2. The highest BCUT2D eigenvalue weighted by Gasteiger charge is 2.06. The Balaban J connectivity index is 2.86. The van der Waals surface area contributed by atoms with Crippen LogP contribution in [0.2, 0.25) is 0 Å². The molecule has 0 saturated heterocycles. The van der Waals surface area contributed by atoms with Gasteiger partial charge in [-0.15, -0.1) is 0 Å². The summed E-state index contributed by atoms with van der Waals surface area (Å²) in [6, 6.07) is 1.30. The monoisotopic (exact) mass is 289 g/mol. The van der Waals surface area contributed by atoms with Crippen LogP contribution in [0.3, 0.4) is 0 Å². The molecule has 1 aromatic heterocycles. The van der Waals surface area contributed by atoms with Crippen molar-refractivity contribution in [2.75, 3.05) is 18.6 Å². The molecule has 0 atom stereocenters. The molecule has 0 unspecified atom stereocenters. The van der Waals surface area contributed by atoms with Gasteiger partial charge in [0.15, 0.2) is 0 Å². The lowest BCUT2D eigenvalue weighted by Gasteiger charge is -2.09. The van der Waals surface area contributed by atoms with Crippen molar-refractivity contribution in [3.05, 3.63) is 33.1 Å². The summed E-state index contributed by atoms with van der Waals surface area (Å²) in [4.78, 5) is 23.5. The minimum atomic E-state index is -3.04. The van der Waals surface area contributed by atoms with Gasteiger partial charge in [-0.1, -0.05) is 0 Å². The van der Waals surface area contributed by atoms with E-state index >= 15 is 0 Å². The number of hydrogen-bond donors (Lipinski definition) is 1. The molecule has 8 heteroatoms. The van der Waals surface area contributed by atoms with E-state index in [1.807, 2.05) is 0 Å². The topological polar surface area (TPSA) is 104 Å². The number of aryl methyl sites for hydroxylation is 1. The van der Waals surface area contributed by atoms with Crippen molar-refractivity contribution in [1.82, 2.24) is 9.13 Å². The summed E-state index contributed by atoms with van der Waals surface area (Å²) < 4.78 is 24.5. The number of aromatic nitrogens is 2. The molecule has 0 aliphatic heterocycles. The van der Waals surface area contributed by atoms with Crippen LogP contribution in [-0.2, 0) is 22.9 Å². The van der Waals surface area contributed by atoms with Crippen molar-refractivity contribution in [3.8, 4) is 0 Å². The third kappa shape index (κ3) is 4.99. The normalized spacial score (nSPS) is 11.7. The van der Waals surface area contributed by atoms with Crippen molar-refractivity contribution in [3.63, 3.8) is 0 Å². The molecule has 0 aliphatic carbocycles. The highest BCUT2D eigenvalue weighted by molar-refractivity contribution is 7.90. The van der Waals surface area contributed by atoms with Crippen LogP contribution in [0.15, 0.2) is 21.9 Å². The van der Waals surface area contributed by atoms with E-state index in [-0.39, 0.29) is 24.4 Å². The fraction of sp³-hybridized carbons (Fsp3) is 0.636. The van der Waals surface area contributed by atoms with Gasteiger partial charge >= 0.3 is 5.69 Å². The quantitative estimate of drug-likeness (QED) is 0.678. The van der Waals surface area contributed by atoms with Crippen molar-refractivity contribution < 1.29 is 8.42 Å². The van der Waals surface area contributed by atoms with E-state index in [0.29, 0.717) is 19.4 Å². The highest BCUT2D eigenvalue weighted by atomic mass is 32.2. The van der Waals surface area contributed by atoms with Crippen molar-refractivity contribution >= 4 is 9.84 Å². The minimum absolute atomic E-state index is 0.0152. The highest BCUT2D eigenvalue weighted by Crippen LogP contribution is 1.92. The first kappa shape index (κ1) is 15.6. The second-order valence-corrected chi connectivity index (χ2v) is 6.67. The van der Waals surface area contributed by atoms with Gasteiger partial charge in [0.1, 0.15) is 9.84 Å². The van der Waals surface area contributed by atoms with E-state index in [2.05, 4.69) is 0 Å². The van der Waals surface area contributed by atoms with Gasteiger partial charge in [0.2, 0.25) is 0 Å². The Bertz CT molecular complexity index is 630. The van der Waals surface area contributed by atoms with Gasteiger partial charge in [-0.25, -0.2) is 13.2 Å². The second-order valence-electron chi connectivity index (χ2n) is 4.41. The molecule has 19 heavy (non-hydrogen) atoms. The molecule has 0 aliphatic rings. The van der Waals surface area contributed by atoms with Crippen LogP contribution >= 0.6 is 0 Å². The molecule has 0 fully saturated rings. The van der Waals surface area contributed by atoms with Crippen LogP contribution in [-0.4, -0.2) is 36.1 Å². The number of nitrogens with two attached hydrogens (primary N) is 1. The van der Waals surface area contributed by atoms with E-state index in [0.717, 1.165) is 10.8 Å². The summed E-state index contributed by atoms with van der Waals surface area (Å²) in [6.45, 7) is 0.949. The van der Waals surface area contributed by atoms with Gasteiger partial charge < -0.3 is 10.3 Å². The average Bonchev–Trinajstić information content (AvgIpc) is 2.30. The van der Waals surface area contributed by atoms with Crippen molar-refractivity contribution in [2.24, 2.45) is 5.73 Å². The number of rotatable bonds is 7. The van der Waals surface area contributed by atoms with Crippen molar-refractivity contribution in [2.45, 2.75) is 25.9 Å². The fourth-order valence-electron chi connectivity index (χ4n) is 1.68. The standard InChI is InChI=1S/C11H19N3O4S/c1-19(17,18)9-3-6-13-8-4-10(15)14(11(13)16)7-2-5-12/h4,8H,2-3,5-7,9,12H2,1H3. The Morgan fingerprint density at radius 2 is 1.89 bits per heavy atom. The zero-order valence-corrected chi connectivity index (χ0v) is 11.7. The summed E-state index contributed by atoms with van der Waals surface area (Å²) in [7, 11) is -3.04. The first-order valence-electron chi connectivity index (χ1n) is 6.03. The predicted molar refractivity (Wildman–Crippen MR) is 73.0 cm³/mol. The van der Waals surface area contributed by atoms with E-state index in [1.165, 1.54) is 16.8 Å². The van der Waals surface area contributed by atoms with E-state index in [9.17, 15) is 18.0 Å². The molecule has 0 saturated carbocycles. The molecule has 1 rings (SSSR count). The first-order chi connectivity index (χ1) is 8.85. The molecule has 108 valence electrons. The van der Waals surface area contributed by atoms with Gasteiger partial charge in [0.25, 0.3) is 5.56 Å². The summed E-state index contributed by atoms with van der Waals surface area (Å²) >= 11 is 0. The Morgan fingerprint density at radius 3 is 2.47 bits per heavy atom. The van der Waals surface area contributed by atoms with Gasteiger partial charge in [0, 0.05) is 31.6 Å². The van der Waals surface area contributed by atoms with Gasteiger partial charge in [-0.2, -0.15) is 0 Å². The Hall–Kier alpha value is -1.41. The number of sulfone groups is 1. The molecule has 0 spiro atoms. The Labute approximate surface area is 111 Å². The lowest BCUT2D eigenvalue weighted by molar-refractivity contribution is 0.530. The summed E-state index contributed by atoms with van der Waals surface area (Å²) in [5.74, 6) is 0.0152. The van der Waals surface area contributed by atoms with E-state index in [4.69, 9.17) is 5.73 Å². The van der Waals surface area contributed by atoms with Crippen LogP contribution in [0.4, 0.5) is 0 Å². The van der Waals surface area contributed by atoms with Crippen LogP contribution in [0.1, 0.15) is 12.8 Å². The van der Waals surface area contributed by atoms with Crippen LogP contribution < -0.4 is 17.0 Å². The molecular formula is C11H19N3O4S. The number of hydrogen-bond acceptors (Lipinski definition) is 5. The Kier molecular flexibility index (Phi) is 5.49. The molecule has 7 nitrogen and oxygen atoms in total. The molecule has 0 radical (unpaired) electrons. The Morgan fingerprint density at radius 1 is 1.21 bits per heavy atom. The molecule has 1 heterocycles. The average molecular weight is 289 g/mol. The summed E-state index contributed by atoms with van der Waals surface area (Å²) in [5.41, 5.74) is 4.57. The third-order valence-electron chi connectivity index (χ3n) is 2.64. The van der Waals surface area contributed by atoms with Crippen LogP contribution in [0.5, 0.6) is 0 Å². The molecule has 0 bridgehead atoms. The SMILES string of the molecule is CS(=O)(=O)CCCn1ccc(=O)n(CCCN)c1=O. The van der Waals surface area contributed by atoms with Crippen LogP contribution in [0, 0.1) is 0 Å². The molecule has 0 amide bonds. The summed E-state index contributed by atoms with van der Waals surface area (Å²) in [6.07, 6.45) is 3.43. The molecule has 1 aromatic rings. The zero-order valence-electron chi connectivity index (χ0n) is 10.9. The summed E-state index contributed by atoms with van der Waals surface area (Å²) in [5, 5.41) is 0. The van der Waals surface area contributed by atoms with Crippen molar-refractivity contribution in [1.29, 1.82) is 0 Å². The van der Waals surface area contributed by atoms with Gasteiger partial charge in [-0.05, 0) is 19.4 Å². The molecule has 2 N–H and O–H groups in total. The van der Waals surface area contributed by atoms with Crippen LogP contribution in [0.25, 0.3) is 0 Å². The lowest BCUT2D eigenvalue weighted by atomic mass is 10.4. The molecular weight excluding hydrogens is 270 g/mol. The van der Waals surface area contributed by atoms with E-state index in [1.54, 1.807) is 0 Å². The maximum Gasteiger partial charge on any atom is 0.330 e. The smallest absolute Gasteiger partial charge is 0.330 e. The maximum atomic E-state index is 12.0. The zero-order chi connectivity index (χ0) is 14.5. The second kappa shape index (κ2) is 6.67. The predicted octanol–water partition coefficient (Wildman–Crippen LogP) is -1.21. The third-order valence-corrected chi connectivity index (χ3v) is 3.67. The van der Waals surface area contributed by atoms with Gasteiger partial charge in [0.05, 0.1) is 5.75 Å². The fourth-order valence-corrected chi connectivity index (χ4v) is 2.33. The van der Waals surface area contributed by atoms with Gasteiger partial charge in [-0.3, -0.25) is 9.36 Å². The molecule has 0 aromatic carbocycles. The first-order valence-corrected chi connectivity index (χ1v) is 8.09. The maximum absolute atomic E-state index is 12.0. The minimum Gasteiger partial charge on any atom is -0.330 e. The lowest BCUT2D eigenvalue weighted by Crippen LogP contribution is -2.39. The van der Waals surface area contributed by atoms with E-state index < -0.39 is 15.5 Å².